The molecule has 1 saturated heterocycles. The number of hydrogen-bond acceptors (Lipinski definition) is 4. The van der Waals surface area contributed by atoms with Crippen molar-refractivity contribution in [3.63, 3.8) is 0 Å². The van der Waals surface area contributed by atoms with Gasteiger partial charge in [0.05, 0.1) is 17.1 Å². The molecule has 0 spiro atoms. The van der Waals surface area contributed by atoms with Crippen molar-refractivity contribution in [2.75, 3.05) is 6.54 Å². The molecule has 2 N–H and O–H groups in total. The van der Waals surface area contributed by atoms with Gasteiger partial charge in [-0.05, 0) is 13.3 Å². The van der Waals surface area contributed by atoms with Crippen LogP contribution in [0.25, 0.3) is 0 Å². The van der Waals surface area contributed by atoms with Crippen molar-refractivity contribution in [2.24, 2.45) is 0 Å². The lowest BCUT2D eigenvalue weighted by Crippen LogP contribution is -2.38. The first-order chi connectivity index (χ1) is 8.13. The minimum absolute atomic E-state index is 0.0450. The Morgan fingerprint density at radius 1 is 1.71 bits per heavy atom. The van der Waals surface area contributed by atoms with Crippen LogP contribution in [0.1, 0.15) is 23.5 Å². The second-order valence-electron chi connectivity index (χ2n) is 4.14. The van der Waals surface area contributed by atoms with Gasteiger partial charge < -0.3 is 10.6 Å². The fraction of sp³-hybridized carbons (Fsp3) is 0.545. The summed E-state index contributed by atoms with van der Waals surface area (Å²) in [7, 11) is 0. The van der Waals surface area contributed by atoms with Gasteiger partial charge in [0.25, 0.3) is 0 Å². The number of carbonyl (C=O) groups is 2. The maximum absolute atomic E-state index is 11.6. The lowest BCUT2D eigenvalue weighted by molar-refractivity contribution is -0.121. The fourth-order valence-corrected chi connectivity index (χ4v) is 2.40. The Labute approximate surface area is 104 Å². The third-order valence-electron chi connectivity index (χ3n) is 2.64. The van der Waals surface area contributed by atoms with E-state index in [0.717, 1.165) is 17.1 Å². The molecule has 1 atom stereocenters. The zero-order valence-electron chi connectivity index (χ0n) is 9.66. The molecule has 1 aromatic rings. The number of nitrogens with zero attached hydrogens (tertiary/aromatic N) is 1. The molecule has 2 rings (SSSR count). The first-order valence-electron chi connectivity index (χ1n) is 5.60. The highest BCUT2D eigenvalue weighted by Crippen LogP contribution is 2.08. The molecule has 1 unspecified atom stereocenters. The maximum atomic E-state index is 11.6. The van der Waals surface area contributed by atoms with E-state index in [1.165, 1.54) is 0 Å². The van der Waals surface area contributed by atoms with Crippen LogP contribution in [0.3, 0.4) is 0 Å². The van der Waals surface area contributed by atoms with Crippen molar-refractivity contribution < 1.29 is 9.59 Å². The molecule has 1 aliphatic heterocycles. The number of thiazole rings is 1. The SMILES string of the molecule is Cc1nc(CC(=O)NCC2CCC(=O)N2)cs1. The van der Waals surface area contributed by atoms with E-state index in [0.29, 0.717) is 19.4 Å². The first kappa shape index (κ1) is 12.0. The molecular weight excluding hydrogens is 238 g/mol. The van der Waals surface area contributed by atoms with Crippen molar-refractivity contribution in [1.29, 1.82) is 0 Å². The molecule has 0 aliphatic carbocycles. The van der Waals surface area contributed by atoms with E-state index in [2.05, 4.69) is 15.6 Å². The summed E-state index contributed by atoms with van der Waals surface area (Å²) in [5, 5.41) is 8.49. The number of rotatable bonds is 4. The van der Waals surface area contributed by atoms with Crippen LogP contribution >= 0.6 is 11.3 Å². The van der Waals surface area contributed by atoms with Crippen LogP contribution in [0.4, 0.5) is 0 Å². The van der Waals surface area contributed by atoms with Gasteiger partial charge in [-0.15, -0.1) is 11.3 Å². The molecule has 2 heterocycles. The molecule has 1 aliphatic rings. The van der Waals surface area contributed by atoms with Crippen LogP contribution in [-0.2, 0) is 16.0 Å². The summed E-state index contributed by atoms with van der Waals surface area (Å²) in [6.45, 7) is 2.42. The Morgan fingerprint density at radius 2 is 2.53 bits per heavy atom. The fourth-order valence-electron chi connectivity index (χ4n) is 1.78. The van der Waals surface area contributed by atoms with E-state index in [-0.39, 0.29) is 17.9 Å². The van der Waals surface area contributed by atoms with E-state index < -0.39 is 0 Å². The number of nitrogens with one attached hydrogen (secondary N) is 2. The quantitative estimate of drug-likeness (QED) is 0.815. The van der Waals surface area contributed by atoms with Crippen LogP contribution in [-0.4, -0.2) is 29.4 Å². The number of amides is 2. The molecule has 0 saturated carbocycles. The smallest absolute Gasteiger partial charge is 0.226 e. The van der Waals surface area contributed by atoms with Gasteiger partial charge in [0.1, 0.15) is 0 Å². The average molecular weight is 253 g/mol. The van der Waals surface area contributed by atoms with E-state index in [1.807, 2.05) is 12.3 Å². The van der Waals surface area contributed by atoms with Crippen molar-refractivity contribution in [3.8, 4) is 0 Å². The van der Waals surface area contributed by atoms with E-state index in [1.54, 1.807) is 11.3 Å². The molecule has 1 fully saturated rings. The van der Waals surface area contributed by atoms with Crippen molar-refractivity contribution in [2.45, 2.75) is 32.2 Å². The zero-order valence-corrected chi connectivity index (χ0v) is 10.5. The third kappa shape index (κ3) is 3.52. The summed E-state index contributed by atoms with van der Waals surface area (Å²) in [6, 6.07) is 0.0867. The number of aromatic nitrogens is 1. The van der Waals surface area contributed by atoms with Crippen molar-refractivity contribution in [1.82, 2.24) is 15.6 Å². The van der Waals surface area contributed by atoms with E-state index in [4.69, 9.17) is 0 Å². The monoisotopic (exact) mass is 253 g/mol. The molecule has 0 bridgehead atoms. The highest BCUT2D eigenvalue weighted by molar-refractivity contribution is 7.09. The Kier molecular flexibility index (Phi) is 3.73. The number of hydrogen-bond donors (Lipinski definition) is 2. The zero-order chi connectivity index (χ0) is 12.3. The Hall–Kier alpha value is -1.43. The highest BCUT2D eigenvalue weighted by atomic mass is 32.1. The summed E-state index contributed by atoms with van der Waals surface area (Å²) in [4.78, 5) is 26.8. The summed E-state index contributed by atoms with van der Waals surface area (Å²) in [6.07, 6.45) is 1.67. The predicted molar refractivity (Wildman–Crippen MR) is 64.7 cm³/mol. The molecule has 2 amide bonds. The summed E-state index contributed by atoms with van der Waals surface area (Å²) in [5.41, 5.74) is 0.806. The van der Waals surface area contributed by atoms with Gasteiger partial charge in [-0.1, -0.05) is 0 Å². The molecule has 6 heteroatoms. The molecule has 1 aromatic heterocycles. The lowest BCUT2D eigenvalue weighted by atomic mass is 10.2. The van der Waals surface area contributed by atoms with Crippen molar-refractivity contribution in [3.05, 3.63) is 16.1 Å². The van der Waals surface area contributed by atoms with Gasteiger partial charge in [-0.2, -0.15) is 0 Å². The Bertz CT molecular complexity index is 430. The standard InChI is InChI=1S/C11H15N3O2S/c1-7-13-9(6-17-7)4-11(16)12-5-8-2-3-10(15)14-8/h6,8H,2-5H2,1H3,(H,12,16)(H,14,15). The predicted octanol–water partition coefficient (Wildman–Crippen LogP) is 0.389. The topological polar surface area (TPSA) is 71.1 Å². The second kappa shape index (κ2) is 5.27. The van der Waals surface area contributed by atoms with Gasteiger partial charge in [-0.25, -0.2) is 4.98 Å². The average Bonchev–Trinajstić information content (AvgIpc) is 2.85. The van der Waals surface area contributed by atoms with E-state index >= 15 is 0 Å². The third-order valence-corrected chi connectivity index (χ3v) is 3.46. The molecule has 92 valence electrons. The van der Waals surface area contributed by atoms with Gasteiger partial charge in [-0.3, -0.25) is 9.59 Å². The number of aryl methyl sites for hydroxylation is 1. The largest absolute Gasteiger partial charge is 0.354 e. The van der Waals surface area contributed by atoms with Crippen LogP contribution in [0.15, 0.2) is 5.38 Å². The highest BCUT2D eigenvalue weighted by Gasteiger charge is 2.20. The first-order valence-corrected chi connectivity index (χ1v) is 6.48. The van der Waals surface area contributed by atoms with Crippen LogP contribution in [0.2, 0.25) is 0 Å². The molecule has 0 radical (unpaired) electrons. The summed E-state index contributed by atoms with van der Waals surface area (Å²) >= 11 is 1.54. The Balaban J connectivity index is 1.72. The van der Waals surface area contributed by atoms with Crippen LogP contribution in [0, 0.1) is 6.92 Å². The van der Waals surface area contributed by atoms with Crippen LogP contribution < -0.4 is 10.6 Å². The summed E-state index contributed by atoms with van der Waals surface area (Å²) < 4.78 is 0. The lowest BCUT2D eigenvalue weighted by Gasteiger charge is -2.10. The molecule has 17 heavy (non-hydrogen) atoms. The molecular formula is C11H15N3O2S. The van der Waals surface area contributed by atoms with Crippen molar-refractivity contribution >= 4 is 23.2 Å². The Morgan fingerprint density at radius 3 is 3.12 bits per heavy atom. The maximum Gasteiger partial charge on any atom is 0.226 e. The minimum atomic E-state index is -0.0450. The molecule has 0 aromatic carbocycles. The molecule has 5 nitrogen and oxygen atoms in total. The van der Waals surface area contributed by atoms with E-state index in [9.17, 15) is 9.59 Å². The number of carbonyl (C=O) groups excluding carboxylic acids is 2. The summed E-state index contributed by atoms with van der Waals surface area (Å²) in [5.74, 6) is 0.0239. The second-order valence-corrected chi connectivity index (χ2v) is 5.20. The van der Waals surface area contributed by atoms with Gasteiger partial charge in [0.2, 0.25) is 11.8 Å². The minimum Gasteiger partial charge on any atom is -0.354 e. The van der Waals surface area contributed by atoms with Gasteiger partial charge in [0, 0.05) is 24.4 Å². The van der Waals surface area contributed by atoms with Crippen LogP contribution in [0.5, 0.6) is 0 Å². The van der Waals surface area contributed by atoms with Gasteiger partial charge >= 0.3 is 0 Å². The normalized spacial score (nSPS) is 19.1. The van der Waals surface area contributed by atoms with Gasteiger partial charge in [0.15, 0.2) is 0 Å².